The number of piperidine rings is 2. The first-order chi connectivity index (χ1) is 18.1. The van der Waals surface area contributed by atoms with Crippen LogP contribution in [0.4, 0.5) is 0 Å². The fourth-order valence-electron chi connectivity index (χ4n) is 6.62. The van der Waals surface area contributed by atoms with Crippen LogP contribution in [0.2, 0.25) is 0 Å². The molecular weight excluding hydrogens is 466 g/mol. The number of pyridine rings is 1. The molecule has 5 heterocycles. The number of methoxy groups -OCH3 is 1. The van der Waals surface area contributed by atoms with E-state index in [0.717, 1.165) is 73.9 Å². The minimum Gasteiger partial charge on any atom is -0.481 e. The van der Waals surface area contributed by atoms with Gasteiger partial charge >= 0.3 is 0 Å². The highest BCUT2D eigenvalue weighted by molar-refractivity contribution is 6.02. The van der Waals surface area contributed by atoms with Gasteiger partial charge in [0.2, 0.25) is 5.88 Å². The molecule has 2 bridgehead atoms. The summed E-state index contributed by atoms with van der Waals surface area (Å²) in [5.41, 5.74) is 3.55. The Kier molecular flexibility index (Phi) is 6.88. The third kappa shape index (κ3) is 5.10. The molecule has 0 saturated carbocycles. The van der Waals surface area contributed by atoms with E-state index in [-0.39, 0.29) is 18.1 Å². The number of amides is 1. The number of likely N-dealkylation sites (tertiary alicyclic amines) is 1. The number of aromatic nitrogens is 2. The van der Waals surface area contributed by atoms with E-state index in [9.17, 15) is 9.90 Å². The number of aromatic amines is 1. The molecule has 3 aromatic rings. The highest BCUT2D eigenvalue weighted by atomic mass is 16.5. The number of nitrogens with one attached hydrogen (secondary N) is 2. The fraction of sp³-hybridized carbons (Fsp3) is 0.517. The van der Waals surface area contributed by atoms with Crippen molar-refractivity contribution >= 4 is 16.8 Å². The topological polar surface area (TPSA) is 93.7 Å². The number of H-pyrrole nitrogens is 1. The molecular formula is C29H37N5O3. The molecule has 3 N–H and O–H groups in total. The second kappa shape index (κ2) is 10.4. The van der Waals surface area contributed by atoms with Crippen LogP contribution in [-0.2, 0) is 0 Å². The summed E-state index contributed by atoms with van der Waals surface area (Å²) >= 11 is 0. The van der Waals surface area contributed by atoms with Gasteiger partial charge in [-0.1, -0.05) is 12.1 Å². The number of carbonyl (C=O) groups is 1. The summed E-state index contributed by atoms with van der Waals surface area (Å²) in [7, 11) is 1.61. The molecule has 37 heavy (non-hydrogen) atoms. The Bertz CT molecular complexity index is 1220. The van der Waals surface area contributed by atoms with Crippen molar-refractivity contribution in [2.75, 3.05) is 33.3 Å². The highest BCUT2D eigenvalue weighted by Gasteiger charge is 2.39. The van der Waals surface area contributed by atoms with Crippen LogP contribution in [0, 0.1) is 0 Å². The van der Waals surface area contributed by atoms with Gasteiger partial charge in [-0.3, -0.25) is 9.69 Å². The number of hydrogen-bond donors (Lipinski definition) is 3. The number of ether oxygens (including phenoxy) is 1. The van der Waals surface area contributed by atoms with Crippen LogP contribution in [0.15, 0.2) is 42.6 Å². The maximum Gasteiger partial charge on any atom is 0.267 e. The maximum atomic E-state index is 13.1. The lowest BCUT2D eigenvalue weighted by atomic mass is 10.00. The van der Waals surface area contributed by atoms with Gasteiger partial charge in [-0.2, -0.15) is 0 Å². The maximum absolute atomic E-state index is 13.1. The third-order valence-corrected chi connectivity index (χ3v) is 8.62. The number of benzene rings is 1. The molecule has 3 saturated heterocycles. The van der Waals surface area contributed by atoms with Gasteiger partial charge in [0.1, 0.15) is 5.69 Å². The van der Waals surface area contributed by atoms with Crippen LogP contribution in [-0.4, -0.2) is 88.3 Å². The molecule has 2 aromatic heterocycles. The fourth-order valence-corrected chi connectivity index (χ4v) is 6.62. The van der Waals surface area contributed by atoms with Gasteiger partial charge in [-0.15, -0.1) is 0 Å². The quantitative estimate of drug-likeness (QED) is 0.458. The first-order valence-corrected chi connectivity index (χ1v) is 13.7. The summed E-state index contributed by atoms with van der Waals surface area (Å²) in [6, 6.07) is 13.2. The largest absolute Gasteiger partial charge is 0.481 e. The lowest BCUT2D eigenvalue weighted by molar-refractivity contribution is 0.0284. The minimum atomic E-state index is -0.101. The van der Waals surface area contributed by atoms with Crippen LogP contribution in [0.25, 0.3) is 22.0 Å². The minimum absolute atomic E-state index is 0.0445. The molecule has 0 spiro atoms. The number of rotatable bonds is 7. The van der Waals surface area contributed by atoms with E-state index in [4.69, 9.17) is 4.74 Å². The van der Waals surface area contributed by atoms with Crippen molar-refractivity contribution < 1.29 is 14.6 Å². The monoisotopic (exact) mass is 503 g/mol. The highest BCUT2D eigenvalue weighted by Crippen LogP contribution is 2.35. The number of fused-ring (bicyclic) bond motifs is 3. The lowest BCUT2D eigenvalue weighted by Gasteiger charge is -2.39. The number of carbonyl (C=O) groups excluding carboxylic acids is 1. The van der Waals surface area contributed by atoms with E-state index in [0.29, 0.717) is 23.7 Å². The number of aliphatic hydroxyl groups excluding tert-OH is 1. The predicted octanol–water partition coefficient (Wildman–Crippen LogP) is 3.42. The Labute approximate surface area is 218 Å². The van der Waals surface area contributed by atoms with Crippen molar-refractivity contribution in [3.63, 3.8) is 0 Å². The van der Waals surface area contributed by atoms with E-state index in [1.54, 1.807) is 13.3 Å². The lowest BCUT2D eigenvalue weighted by Crippen LogP contribution is -2.50. The van der Waals surface area contributed by atoms with Gasteiger partial charge < -0.3 is 25.0 Å². The molecule has 3 aliphatic heterocycles. The molecule has 2 unspecified atom stereocenters. The molecule has 3 fully saturated rings. The Morgan fingerprint density at radius 2 is 1.89 bits per heavy atom. The van der Waals surface area contributed by atoms with Crippen molar-refractivity contribution in [2.45, 2.75) is 62.8 Å². The molecule has 8 nitrogen and oxygen atoms in total. The molecule has 8 heteroatoms. The summed E-state index contributed by atoms with van der Waals surface area (Å²) in [4.78, 5) is 25.9. The second-order valence-corrected chi connectivity index (χ2v) is 10.9. The second-order valence-electron chi connectivity index (χ2n) is 10.9. The van der Waals surface area contributed by atoms with E-state index < -0.39 is 0 Å². The molecule has 0 radical (unpaired) electrons. The van der Waals surface area contributed by atoms with Crippen LogP contribution < -0.4 is 10.1 Å². The average Bonchev–Trinajstić information content (AvgIpc) is 3.47. The van der Waals surface area contributed by atoms with Crippen LogP contribution in [0.5, 0.6) is 5.88 Å². The van der Waals surface area contributed by atoms with E-state index in [1.165, 1.54) is 12.8 Å². The smallest absolute Gasteiger partial charge is 0.267 e. The Morgan fingerprint density at radius 1 is 1.11 bits per heavy atom. The standard InChI is InChI=1S/C29H37N5O3/c1-37-28-8-5-19(18-30-28)24-3-2-4-26-25(24)17-27(32-26)29(36)31-20-9-11-33(12-10-20)13-14-34-21-6-7-22(34)16-23(35)15-21/h2-5,8,17-18,20-23,32,35H,6-7,9-16H2,1H3,(H,31,36). The molecule has 6 rings (SSSR count). The van der Waals surface area contributed by atoms with Gasteiger partial charge in [0.05, 0.1) is 13.2 Å². The first-order valence-electron chi connectivity index (χ1n) is 13.7. The Balaban J connectivity index is 1.03. The summed E-state index contributed by atoms with van der Waals surface area (Å²) in [5.74, 6) is 0.534. The third-order valence-electron chi connectivity index (χ3n) is 8.62. The first kappa shape index (κ1) is 24.4. The zero-order valence-corrected chi connectivity index (χ0v) is 21.5. The SMILES string of the molecule is COc1ccc(-c2cccc3[nH]c(C(=O)NC4CCN(CCN5C6CCC5CC(O)C6)CC4)cc23)cn1. The van der Waals surface area contributed by atoms with Crippen molar-refractivity contribution in [3.8, 4) is 17.0 Å². The van der Waals surface area contributed by atoms with Gasteiger partial charge in [-0.05, 0) is 62.3 Å². The normalized spacial score (nSPS) is 25.0. The van der Waals surface area contributed by atoms with Crippen molar-refractivity contribution in [1.82, 2.24) is 25.1 Å². The Hall–Kier alpha value is -2.94. The summed E-state index contributed by atoms with van der Waals surface area (Å²) < 4.78 is 5.18. The number of hydrogen-bond acceptors (Lipinski definition) is 6. The van der Waals surface area contributed by atoms with E-state index in [1.807, 2.05) is 30.3 Å². The molecule has 1 amide bonds. The zero-order valence-electron chi connectivity index (χ0n) is 21.5. The predicted molar refractivity (Wildman–Crippen MR) is 144 cm³/mol. The molecule has 196 valence electrons. The summed E-state index contributed by atoms with van der Waals surface area (Å²) in [6.45, 7) is 4.20. The van der Waals surface area contributed by atoms with Gasteiger partial charge in [0.25, 0.3) is 5.91 Å². The summed E-state index contributed by atoms with van der Waals surface area (Å²) in [6.07, 6.45) is 8.00. The van der Waals surface area contributed by atoms with E-state index in [2.05, 4.69) is 31.2 Å². The molecule has 0 aliphatic carbocycles. The Morgan fingerprint density at radius 3 is 2.59 bits per heavy atom. The molecule has 1 aromatic carbocycles. The van der Waals surface area contributed by atoms with Crippen molar-refractivity contribution in [2.24, 2.45) is 0 Å². The van der Waals surface area contributed by atoms with Crippen molar-refractivity contribution in [3.05, 3.63) is 48.3 Å². The molecule has 3 aliphatic rings. The molecule has 2 atom stereocenters. The van der Waals surface area contributed by atoms with Gasteiger partial charge in [-0.25, -0.2) is 4.98 Å². The van der Waals surface area contributed by atoms with Crippen molar-refractivity contribution in [1.29, 1.82) is 0 Å². The van der Waals surface area contributed by atoms with Gasteiger partial charge in [0.15, 0.2) is 0 Å². The van der Waals surface area contributed by atoms with E-state index >= 15 is 0 Å². The average molecular weight is 504 g/mol. The van der Waals surface area contributed by atoms with Gasteiger partial charge in [0, 0.05) is 73.0 Å². The zero-order chi connectivity index (χ0) is 25.4. The van der Waals surface area contributed by atoms with Crippen LogP contribution in [0.1, 0.15) is 49.0 Å². The summed E-state index contributed by atoms with van der Waals surface area (Å²) in [5, 5.41) is 14.3. The number of nitrogens with zero attached hydrogens (tertiary/aromatic N) is 3. The van der Waals surface area contributed by atoms with Crippen LogP contribution in [0.3, 0.4) is 0 Å². The van der Waals surface area contributed by atoms with Crippen LogP contribution >= 0.6 is 0 Å². The number of aliphatic hydroxyl groups is 1.